The van der Waals surface area contributed by atoms with Crippen LogP contribution in [0.3, 0.4) is 0 Å². The Balaban J connectivity index is 2.12. The van der Waals surface area contributed by atoms with Crippen molar-refractivity contribution in [3.8, 4) is 0 Å². The van der Waals surface area contributed by atoms with Crippen LogP contribution in [0.4, 0.5) is 0 Å². The molecule has 16 heavy (non-hydrogen) atoms. The highest BCUT2D eigenvalue weighted by Gasteiger charge is 2.39. The topological polar surface area (TPSA) is 29.9 Å². The Morgan fingerprint density at radius 2 is 2.25 bits per heavy atom. The fourth-order valence-electron chi connectivity index (χ4n) is 2.50. The predicted octanol–water partition coefficient (Wildman–Crippen LogP) is 2.17. The second kappa shape index (κ2) is 4.38. The van der Waals surface area contributed by atoms with Crippen LogP contribution in [0.25, 0.3) is 0 Å². The summed E-state index contributed by atoms with van der Waals surface area (Å²) in [5, 5.41) is 8.55. The van der Waals surface area contributed by atoms with Crippen molar-refractivity contribution < 1.29 is 0 Å². The Labute approximate surface area is 102 Å². The molecule has 0 amide bonds. The summed E-state index contributed by atoms with van der Waals surface area (Å²) in [5.74, 6) is 1.66. The van der Waals surface area contributed by atoms with Gasteiger partial charge in [-0.05, 0) is 38.6 Å². The van der Waals surface area contributed by atoms with Crippen molar-refractivity contribution in [2.24, 2.45) is 18.9 Å². The third-order valence-electron chi connectivity index (χ3n) is 3.75. The van der Waals surface area contributed by atoms with Crippen molar-refractivity contribution in [3.63, 3.8) is 0 Å². The molecule has 1 heterocycles. The highest BCUT2D eigenvalue weighted by molar-refractivity contribution is 6.30. The fourth-order valence-corrected chi connectivity index (χ4v) is 2.76. The smallest absolute Gasteiger partial charge is 0.130 e. The van der Waals surface area contributed by atoms with Gasteiger partial charge in [0.1, 0.15) is 5.15 Å². The summed E-state index contributed by atoms with van der Waals surface area (Å²) in [6, 6.07) is 0.537. The molecule has 1 saturated carbocycles. The summed E-state index contributed by atoms with van der Waals surface area (Å²) in [4.78, 5) is 0. The van der Waals surface area contributed by atoms with Crippen LogP contribution in [0.5, 0.6) is 0 Å². The van der Waals surface area contributed by atoms with Crippen molar-refractivity contribution in [1.82, 2.24) is 15.1 Å². The zero-order chi connectivity index (χ0) is 11.9. The van der Waals surface area contributed by atoms with E-state index in [1.165, 1.54) is 12.0 Å². The van der Waals surface area contributed by atoms with Gasteiger partial charge in [-0.25, -0.2) is 0 Å². The monoisotopic (exact) mass is 241 g/mol. The van der Waals surface area contributed by atoms with E-state index in [9.17, 15) is 0 Å². The highest BCUT2D eigenvalue weighted by Crippen LogP contribution is 2.41. The van der Waals surface area contributed by atoms with Crippen LogP contribution < -0.4 is 5.32 Å². The molecule has 1 fully saturated rings. The van der Waals surface area contributed by atoms with E-state index < -0.39 is 0 Å². The number of nitrogens with zero attached hydrogens (tertiary/aromatic N) is 2. The van der Waals surface area contributed by atoms with Crippen molar-refractivity contribution in [2.45, 2.75) is 32.7 Å². The molecular weight excluding hydrogens is 222 g/mol. The molecule has 3 nitrogen and oxygen atoms in total. The molecule has 1 aliphatic carbocycles. The summed E-state index contributed by atoms with van der Waals surface area (Å²) < 4.78 is 1.76. The second-order valence-corrected chi connectivity index (χ2v) is 5.31. The van der Waals surface area contributed by atoms with E-state index in [0.717, 1.165) is 29.1 Å². The lowest BCUT2D eigenvalue weighted by atomic mass is 10.0. The minimum absolute atomic E-state index is 0.537. The number of aryl methyl sites for hydroxylation is 2. The van der Waals surface area contributed by atoms with Crippen LogP contribution in [0, 0.1) is 18.8 Å². The van der Waals surface area contributed by atoms with Crippen molar-refractivity contribution in [1.29, 1.82) is 0 Å². The van der Waals surface area contributed by atoms with Gasteiger partial charge in [-0.15, -0.1) is 0 Å². The molecule has 0 aromatic carbocycles. The molecule has 0 saturated heterocycles. The zero-order valence-electron chi connectivity index (χ0n) is 10.4. The average Bonchev–Trinajstić information content (AvgIpc) is 2.90. The van der Waals surface area contributed by atoms with Crippen LogP contribution in [0.15, 0.2) is 0 Å². The first kappa shape index (κ1) is 11.9. The third kappa shape index (κ3) is 2.11. The summed E-state index contributed by atoms with van der Waals surface area (Å²) in [6.45, 7) is 4.34. The van der Waals surface area contributed by atoms with Gasteiger partial charge < -0.3 is 5.32 Å². The largest absolute Gasteiger partial charge is 0.316 e. The third-order valence-corrected chi connectivity index (χ3v) is 4.23. The van der Waals surface area contributed by atoms with E-state index in [1.807, 2.05) is 21.0 Å². The van der Waals surface area contributed by atoms with Gasteiger partial charge in [0.15, 0.2) is 0 Å². The maximum absolute atomic E-state index is 6.25. The quantitative estimate of drug-likeness (QED) is 0.876. The number of aromatic nitrogens is 2. The Bertz CT molecular complexity index is 386. The molecule has 0 spiro atoms. The molecule has 2 rings (SSSR count). The molecule has 1 N–H and O–H groups in total. The van der Waals surface area contributed by atoms with Crippen LogP contribution >= 0.6 is 11.6 Å². The SMILES string of the molecule is CNC(Cc1c(C)nn(C)c1Cl)C1CC1C. The summed E-state index contributed by atoms with van der Waals surface area (Å²) in [6.07, 6.45) is 2.33. The van der Waals surface area contributed by atoms with Crippen molar-refractivity contribution >= 4 is 11.6 Å². The minimum Gasteiger partial charge on any atom is -0.316 e. The molecule has 0 bridgehead atoms. The van der Waals surface area contributed by atoms with E-state index in [4.69, 9.17) is 11.6 Å². The van der Waals surface area contributed by atoms with Gasteiger partial charge in [0.2, 0.25) is 0 Å². The number of nitrogens with one attached hydrogen (secondary N) is 1. The van der Waals surface area contributed by atoms with Gasteiger partial charge >= 0.3 is 0 Å². The molecular formula is C12H20ClN3. The van der Waals surface area contributed by atoms with E-state index in [2.05, 4.69) is 17.3 Å². The maximum atomic E-state index is 6.25. The number of hydrogen-bond donors (Lipinski definition) is 1. The van der Waals surface area contributed by atoms with Gasteiger partial charge in [0.05, 0.1) is 5.69 Å². The van der Waals surface area contributed by atoms with Gasteiger partial charge in [0.25, 0.3) is 0 Å². The summed E-state index contributed by atoms with van der Waals surface area (Å²) in [5.41, 5.74) is 2.25. The first-order valence-electron chi connectivity index (χ1n) is 5.89. The second-order valence-electron chi connectivity index (χ2n) is 4.95. The number of likely N-dealkylation sites (N-methyl/N-ethyl adjacent to an activating group) is 1. The van der Waals surface area contributed by atoms with E-state index >= 15 is 0 Å². The average molecular weight is 242 g/mol. The maximum Gasteiger partial charge on any atom is 0.130 e. The fraction of sp³-hybridized carbons (Fsp3) is 0.750. The van der Waals surface area contributed by atoms with Crippen LogP contribution in [0.1, 0.15) is 24.6 Å². The van der Waals surface area contributed by atoms with Gasteiger partial charge in [-0.1, -0.05) is 18.5 Å². The lowest BCUT2D eigenvalue weighted by Crippen LogP contribution is -2.30. The standard InChI is InChI=1S/C12H20ClN3/c1-7-5-9(7)11(14-3)6-10-8(2)15-16(4)12(10)13/h7,9,11,14H,5-6H2,1-4H3. The molecule has 90 valence electrons. The summed E-state index contributed by atoms with van der Waals surface area (Å²) in [7, 11) is 3.93. The first-order valence-corrected chi connectivity index (χ1v) is 6.27. The number of hydrogen-bond acceptors (Lipinski definition) is 2. The van der Waals surface area contributed by atoms with E-state index in [-0.39, 0.29) is 0 Å². The van der Waals surface area contributed by atoms with Crippen LogP contribution in [-0.4, -0.2) is 22.9 Å². The summed E-state index contributed by atoms with van der Waals surface area (Å²) >= 11 is 6.25. The van der Waals surface area contributed by atoms with Crippen molar-refractivity contribution in [2.75, 3.05) is 7.05 Å². The molecule has 3 atom stereocenters. The molecule has 1 aromatic heterocycles. The number of rotatable bonds is 4. The lowest BCUT2D eigenvalue weighted by Gasteiger charge is -2.15. The Morgan fingerprint density at radius 3 is 2.62 bits per heavy atom. The molecule has 0 radical (unpaired) electrons. The molecule has 1 aromatic rings. The van der Waals surface area contributed by atoms with Gasteiger partial charge in [0, 0.05) is 18.7 Å². The zero-order valence-corrected chi connectivity index (χ0v) is 11.2. The molecule has 4 heteroatoms. The predicted molar refractivity (Wildman–Crippen MR) is 66.8 cm³/mol. The van der Waals surface area contributed by atoms with Crippen LogP contribution in [-0.2, 0) is 13.5 Å². The minimum atomic E-state index is 0.537. The highest BCUT2D eigenvalue weighted by atomic mass is 35.5. The van der Waals surface area contributed by atoms with Crippen LogP contribution in [0.2, 0.25) is 5.15 Å². The van der Waals surface area contributed by atoms with Gasteiger partial charge in [-0.3, -0.25) is 4.68 Å². The molecule has 3 unspecified atom stereocenters. The normalized spacial score (nSPS) is 25.8. The Morgan fingerprint density at radius 1 is 1.62 bits per heavy atom. The van der Waals surface area contributed by atoms with E-state index in [1.54, 1.807) is 4.68 Å². The number of halogens is 1. The molecule has 0 aliphatic heterocycles. The lowest BCUT2D eigenvalue weighted by molar-refractivity contribution is 0.478. The molecule has 1 aliphatic rings. The first-order chi connectivity index (χ1) is 7.54. The van der Waals surface area contributed by atoms with Gasteiger partial charge in [-0.2, -0.15) is 5.10 Å². The Hall–Kier alpha value is -0.540. The van der Waals surface area contributed by atoms with E-state index in [0.29, 0.717) is 6.04 Å². The van der Waals surface area contributed by atoms with Crippen molar-refractivity contribution in [3.05, 3.63) is 16.4 Å². The Kier molecular flexibility index (Phi) is 3.27.